The van der Waals surface area contributed by atoms with Crippen molar-refractivity contribution in [3.63, 3.8) is 0 Å². The Morgan fingerprint density at radius 2 is 1.64 bits per heavy atom. The van der Waals surface area contributed by atoms with Crippen LogP contribution in [0, 0.1) is 0 Å². The third-order valence-corrected chi connectivity index (χ3v) is 4.49. The van der Waals surface area contributed by atoms with Crippen molar-refractivity contribution < 1.29 is 4.21 Å². The van der Waals surface area contributed by atoms with Gasteiger partial charge >= 0.3 is 0 Å². The smallest absolute Gasteiger partial charge is 0.0377 e. The molecule has 2 heteroatoms. The summed E-state index contributed by atoms with van der Waals surface area (Å²) in [6, 6.07) is 0. The van der Waals surface area contributed by atoms with Gasteiger partial charge in [0, 0.05) is 20.8 Å². The molecule has 0 aromatic carbocycles. The molecule has 0 aromatic heterocycles. The first kappa shape index (κ1) is 9.24. The minimum Gasteiger partial charge on any atom is -0.259 e. The minimum absolute atomic E-state index is 0.00495. The second kappa shape index (κ2) is 3.26. The molecule has 0 aliphatic heterocycles. The second-order valence-electron chi connectivity index (χ2n) is 4.32. The SMILES string of the molecule is CC(C)(C)[S@@](=O)C1CCCC1. The van der Waals surface area contributed by atoms with Crippen LogP contribution in [0.15, 0.2) is 0 Å². The van der Waals surface area contributed by atoms with E-state index in [1.165, 1.54) is 25.7 Å². The molecule has 1 saturated carbocycles. The summed E-state index contributed by atoms with van der Waals surface area (Å²) in [5.41, 5.74) is 0. The highest BCUT2D eigenvalue weighted by atomic mass is 32.2. The van der Waals surface area contributed by atoms with E-state index in [1.807, 2.05) is 0 Å². The highest BCUT2D eigenvalue weighted by Gasteiger charge is 2.29. The van der Waals surface area contributed by atoms with Crippen molar-refractivity contribution >= 4 is 10.8 Å². The fourth-order valence-corrected chi connectivity index (χ4v) is 3.36. The largest absolute Gasteiger partial charge is 0.259 e. The van der Waals surface area contributed by atoms with Crippen LogP contribution in [0.4, 0.5) is 0 Å². The molecule has 11 heavy (non-hydrogen) atoms. The predicted molar refractivity (Wildman–Crippen MR) is 50.2 cm³/mol. The highest BCUT2D eigenvalue weighted by molar-refractivity contribution is 7.87. The van der Waals surface area contributed by atoms with Gasteiger partial charge in [-0.25, -0.2) is 0 Å². The van der Waals surface area contributed by atoms with Gasteiger partial charge in [-0.2, -0.15) is 0 Å². The molecule has 0 radical (unpaired) electrons. The summed E-state index contributed by atoms with van der Waals surface area (Å²) in [7, 11) is -0.613. The lowest BCUT2D eigenvalue weighted by Gasteiger charge is -2.22. The van der Waals surface area contributed by atoms with Crippen molar-refractivity contribution in [1.29, 1.82) is 0 Å². The predicted octanol–water partition coefficient (Wildman–Crippen LogP) is 2.48. The molecule has 0 aromatic rings. The fraction of sp³-hybridized carbons (Fsp3) is 1.00. The minimum atomic E-state index is -0.613. The maximum atomic E-state index is 11.8. The van der Waals surface area contributed by atoms with E-state index in [4.69, 9.17) is 0 Å². The molecular weight excluding hydrogens is 156 g/mol. The van der Waals surface area contributed by atoms with Crippen LogP contribution in [0.3, 0.4) is 0 Å². The van der Waals surface area contributed by atoms with Gasteiger partial charge in [0.25, 0.3) is 0 Å². The van der Waals surface area contributed by atoms with E-state index < -0.39 is 10.8 Å². The quantitative estimate of drug-likeness (QED) is 0.597. The zero-order chi connectivity index (χ0) is 8.48. The number of rotatable bonds is 1. The van der Waals surface area contributed by atoms with Crippen molar-refractivity contribution in [1.82, 2.24) is 0 Å². The van der Waals surface area contributed by atoms with Gasteiger partial charge in [0.15, 0.2) is 0 Å². The molecule has 0 saturated heterocycles. The van der Waals surface area contributed by atoms with Crippen LogP contribution >= 0.6 is 0 Å². The first-order chi connectivity index (χ1) is 5.02. The fourth-order valence-electron chi connectivity index (χ4n) is 1.60. The molecule has 1 rings (SSSR count). The van der Waals surface area contributed by atoms with Crippen molar-refractivity contribution in [3.8, 4) is 0 Å². The van der Waals surface area contributed by atoms with E-state index in [0.717, 1.165) is 0 Å². The molecule has 1 fully saturated rings. The Kier molecular flexibility index (Phi) is 2.74. The molecule has 0 heterocycles. The van der Waals surface area contributed by atoms with E-state index in [2.05, 4.69) is 20.8 Å². The molecule has 0 amide bonds. The van der Waals surface area contributed by atoms with E-state index in [0.29, 0.717) is 5.25 Å². The third-order valence-electron chi connectivity index (χ3n) is 2.21. The standard InChI is InChI=1S/C9H18OS/c1-9(2,3)11(10)8-6-4-5-7-8/h8H,4-7H2,1-3H3/t11-/m0/s1. The number of hydrogen-bond donors (Lipinski definition) is 0. The van der Waals surface area contributed by atoms with Crippen molar-refractivity contribution in [2.24, 2.45) is 0 Å². The summed E-state index contributed by atoms with van der Waals surface area (Å²) in [5.74, 6) is 0. The van der Waals surface area contributed by atoms with Crippen molar-refractivity contribution in [2.45, 2.75) is 56.5 Å². The molecule has 1 atom stereocenters. The van der Waals surface area contributed by atoms with Gasteiger partial charge in [-0.15, -0.1) is 0 Å². The third kappa shape index (κ3) is 2.29. The summed E-state index contributed by atoms with van der Waals surface area (Å²) < 4.78 is 11.8. The van der Waals surface area contributed by atoms with Crippen molar-refractivity contribution in [2.75, 3.05) is 0 Å². The van der Waals surface area contributed by atoms with E-state index in [9.17, 15) is 4.21 Å². The maximum absolute atomic E-state index is 11.8. The molecule has 0 N–H and O–H groups in total. The van der Waals surface area contributed by atoms with Crippen LogP contribution in [-0.2, 0) is 10.8 Å². The Balaban J connectivity index is 2.53. The topological polar surface area (TPSA) is 17.1 Å². The lowest BCUT2D eigenvalue weighted by atomic mass is 10.3. The molecule has 1 aliphatic carbocycles. The van der Waals surface area contributed by atoms with Crippen LogP contribution < -0.4 is 0 Å². The summed E-state index contributed by atoms with van der Waals surface area (Å²) >= 11 is 0. The van der Waals surface area contributed by atoms with Crippen LogP contribution in [0.5, 0.6) is 0 Å². The molecule has 0 unspecified atom stereocenters. The molecule has 1 aliphatic rings. The van der Waals surface area contributed by atoms with E-state index in [-0.39, 0.29) is 4.75 Å². The Morgan fingerprint density at radius 3 is 2.00 bits per heavy atom. The highest BCUT2D eigenvalue weighted by Crippen LogP contribution is 2.28. The molecule has 0 spiro atoms. The monoisotopic (exact) mass is 174 g/mol. The Hall–Kier alpha value is 0.150. The van der Waals surface area contributed by atoms with Gasteiger partial charge in [-0.3, -0.25) is 4.21 Å². The summed E-state index contributed by atoms with van der Waals surface area (Å²) in [6.45, 7) is 6.21. The van der Waals surface area contributed by atoms with Crippen LogP contribution in [-0.4, -0.2) is 14.2 Å². The van der Waals surface area contributed by atoms with Gasteiger partial charge in [-0.05, 0) is 33.6 Å². The Bertz CT molecular complexity index is 151. The summed E-state index contributed by atoms with van der Waals surface area (Å²) in [5, 5.41) is 0.495. The molecular formula is C9H18OS. The van der Waals surface area contributed by atoms with Gasteiger partial charge in [-0.1, -0.05) is 12.8 Å². The Morgan fingerprint density at radius 1 is 1.18 bits per heavy atom. The van der Waals surface area contributed by atoms with Crippen molar-refractivity contribution in [3.05, 3.63) is 0 Å². The zero-order valence-electron chi connectivity index (χ0n) is 7.72. The van der Waals surface area contributed by atoms with Crippen LogP contribution in [0.25, 0.3) is 0 Å². The van der Waals surface area contributed by atoms with Crippen LogP contribution in [0.1, 0.15) is 46.5 Å². The summed E-state index contributed by atoms with van der Waals surface area (Å²) in [6.07, 6.45) is 4.94. The second-order valence-corrected chi connectivity index (χ2v) is 6.80. The van der Waals surface area contributed by atoms with Crippen LogP contribution in [0.2, 0.25) is 0 Å². The summed E-state index contributed by atoms with van der Waals surface area (Å²) in [4.78, 5) is 0. The van der Waals surface area contributed by atoms with Gasteiger partial charge in [0.05, 0.1) is 0 Å². The Labute approximate surface area is 72.0 Å². The van der Waals surface area contributed by atoms with Gasteiger partial charge < -0.3 is 0 Å². The van der Waals surface area contributed by atoms with E-state index in [1.54, 1.807) is 0 Å². The first-order valence-corrected chi connectivity index (χ1v) is 5.64. The molecule has 0 bridgehead atoms. The number of hydrogen-bond acceptors (Lipinski definition) is 1. The first-order valence-electron chi connectivity index (χ1n) is 4.42. The maximum Gasteiger partial charge on any atom is 0.0377 e. The van der Waals surface area contributed by atoms with Gasteiger partial charge in [0.2, 0.25) is 0 Å². The molecule has 66 valence electrons. The molecule has 1 nitrogen and oxygen atoms in total. The average Bonchev–Trinajstić information content (AvgIpc) is 2.34. The van der Waals surface area contributed by atoms with E-state index >= 15 is 0 Å². The lowest BCUT2D eigenvalue weighted by Crippen LogP contribution is -2.29. The average molecular weight is 174 g/mol. The van der Waals surface area contributed by atoms with Gasteiger partial charge in [0.1, 0.15) is 0 Å². The normalized spacial score (nSPS) is 23.9. The zero-order valence-corrected chi connectivity index (χ0v) is 8.54. The lowest BCUT2D eigenvalue weighted by molar-refractivity contribution is 0.632.